The summed E-state index contributed by atoms with van der Waals surface area (Å²) >= 11 is 1.63. The minimum absolute atomic E-state index is 0.0750. The Balaban J connectivity index is 2.25. The minimum Gasteiger partial charge on any atom is -0.493 e. The number of aryl methyl sites for hydroxylation is 2. The molecule has 2 aromatic heterocycles. The molecule has 0 aliphatic carbocycles. The maximum atomic E-state index is 5.64. The van der Waals surface area contributed by atoms with Gasteiger partial charge in [-0.25, -0.2) is 4.98 Å². The molecule has 0 saturated heterocycles. The molecular weight excluding hydrogens is 250 g/mol. The van der Waals surface area contributed by atoms with Crippen LogP contribution < -0.4 is 16.0 Å². The molecule has 2 aromatic rings. The number of hydrogen-bond acceptors (Lipinski definition) is 6. The van der Waals surface area contributed by atoms with Crippen LogP contribution >= 0.6 is 11.3 Å². The molecule has 0 radical (unpaired) electrons. The third kappa shape index (κ3) is 2.53. The number of hydrazine groups is 1. The lowest BCUT2D eigenvalue weighted by molar-refractivity contribution is 0.393. The van der Waals surface area contributed by atoms with Crippen molar-refractivity contribution in [2.75, 3.05) is 7.11 Å². The van der Waals surface area contributed by atoms with Crippen LogP contribution in [0.5, 0.6) is 5.75 Å². The van der Waals surface area contributed by atoms with Gasteiger partial charge in [0.15, 0.2) is 5.75 Å². The zero-order valence-electron chi connectivity index (χ0n) is 10.7. The fourth-order valence-electron chi connectivity index (χ4n) is 1.93. The highest BCUT2D eigenvalue weighted by atomic mass is 32.1. The topological polar surface area (TPSA) is 78.0 Å². The van der Waals surface area contributed by atoms with Gasteiger partial charge in [-0.2, -0.15) is 5.10 Å². The van der Waals surface area contributed by atoms with E-state index in [0.29, 0.717) is 6.42 Å². The van der Waals surface area contributed by atoms with Crippen LogP contribution in [-0.2, 0) is 13.5 Å². The Bertz CT molecular complexity index is 521. The third-order valence-corrected chi connectivity index (χ3v) is 3.60. The summed E-state index contributed by atoms with van der Waals surface area (Å²) in [6.07, 6.45) is 2.39. The van der Waals surface area contributed by atoms with Crippen LogP contribution in [0, 0.1) is 6.92 Å². The van der Waals surface area contributed by atoms with Crippen LogP contribution in [0.15, 0.2) is 11.6 Å². The number of methoxy groups -OCH3 is 1. The van der Waals surface area contributed by atoms with Gasteiger partial charge in [0.2, 0.25) is 0 Å². The molecule has 98 valence electrons. The standard InChI is InChI=1S/C11H17N5OS/c1-7-14-8(6-18-7)4-9(15-12)11-10(17-3)5-13-16(11)2/h5-6,9,15H,4,12H2,1-3H3. The van der Waals surface area contributed by atoms with Gasteiger partial charge in [-0.05, 0) is 6.92 Å². The number of nitrogens with two attached hydrogens (primary N) is 1. The highest BCUT2D eigenvalue weighted by Crippen LogP contribution is 2.26. The number of nitrogens with one attached hydrogen (secondary N) is 1. The minimum atomic E-state index is -0.0750. The number of thiazole rings is 1. The van der Waals surface area contributed by atoms with Gasteiger partial charge < -0.3 is 4.74 Å². The first-order valence-corrected chi connectivity index (χ1v) is 6.46. The molecule has 1 unspecified atom stereocenters. The van der Waals surface area contributed by atoms with E-state index in [2.05, 4.69) is 15.5 Å². The van der Waals surface area contributed by atoms with Crippen molar-refractivity contribution in [3.63, 3.8) is 0 Å². The Morgan fingerprint density at radius 3 is 2.94 bits per heavy atom. The van der Waals surface area contributed by atoms with Crippen molar-refractivity contribution in [3.8, 4) is 5.75 Å². The van der Waals surface area contributed by atoms with Gasteiger partial charge in [-0.3, -0.25) is 16.0 Å². The monoisotopic (exact) mass is 267 g/mol. The first kappa shape index (κ1) is 13.0. The van der Waals surface area contributed by atoms with E-state index in [1.54, 1.807) is 29.3 Å². The van der Waals surface area contributed by atoms with Crippen LogP contribution in [0.4, 0.5) is 0 Å². The summed E-state index contributed by atoms with van der Waals surface area (Å²) in [7, 11) is 3.50. The van der Waals surface area contributed by atoms with Crippen LogP contribution in [-0.4, -0.2) is 21.9 Å². The lowest BCUT2D eigenvalue weighted by atomic mass is 10.1. The predicted molar refractivity (Wildman–Crippen MR) is 70.4 cm³/mol. The first-order valence-electron chi connectivity index (χ1n) is 5.58. The fraction of sp³-hybridized carbons (Fsp3) is 0.455. The summed E-state index contributed by atoms with van der Waals surface area (Å²) in [5.41, 5.74) is 4.74. The number of aromatic nitrogens is 3. The van der Waals surface area contributed by atoms with Crippen LogP contribution in [0.25, 0.3) is 0 Å². The van der Waals surface area contributed by atoms with Gasteiger partial charge in [0, 0.05) is 18.8 Å². The van der Waals surface area contributed by atoms with Crippen molar-refractivity contribution in [1.29, 1.82) is 0 Å². The Labute approximate surface area is 110 Å². The lowest BCUT2D eigenvalue weighted by Crippen LogP contribution is -2.31. The van der Waals surface area contributed by atoms with Crippen LogP contribution in [0.2, 0.25) is 0 Å². The van der Waals surface area contributed by atoms with Gasteiger partial charge in [0.05, 0.1) is 35.7 Å². The Hall–Kier alpha value is -1.44. The number of rotatable bonds is 5. The molecule has 3 N–H and O–H groups in total. The molecule has 2 heterocycles. The Morgan fingerprint density at radius 2 is 2.39 bits per heavy atom. The largest absolute Gasteiger partial charge is 0.493 e. The third-order valence-electron chi connectivity index (χ3n) is 2.78. The zero-order valence-corrected chi connectivity index (χ0v) is 11.5. The summed E-state index contributed by atoms with van der Waals surface area (Å²) in [6, 6.07) is -0.0750. The second kappa shape index (κ2) is 5.47. The summed E-state index contributed by atoms with van der Waals surface area (Å²) in [6.45, 7) is 1.99. The number of hydrogen-bond donors (Lipinski definition) is 2. The van der Waals surface area contributed by atoms with Crippen molar-refractivity contribution in [2.45, 2.75) is 19.4 Å². The number of nitrogens with zero attached hydrogens (tertiary/aromatic N) is 3. The second-order valence-corrected chi connectivity index (χ2v) is 5.07. The maximum Gasteiger partial charge on any atom is 0.161 e. The zero-order chi connectivity index (χ0) is 13.1. The molecule has 0 aliphatic heterocycles. The summed E-state index contributed by atoms with van der Waals surface area (Å²) in [5, 5.41) is 7.28. The highest BCUT2D eigenvalue weighted by Gasteiger charge is 2.20. The average molecular weight is 267 g/mol. The molecule has 2 rings (SSSR count). The van der Waals surface area contributed by atoms with E-state index in [-0.39, 0.29) is 6.04 Å². The molecule has 0 aliphatic rings. The predicted octanol–water partition coefficient (Wildman–Crippen LogP) is 0.941. The molecule has 0 spiro atoms. The van der Waals surface area contributed by atoms with Crippen LogP contribution in [0.3, 0.4) is 0 Å². The molecule has 0 aromatic carbocycles. The highest BCUT2D eigenvalue weighted by molar-refractivity contribution is 7.09. The normalized spacial score (nSPS) is 12.7. The molecule has 18 heavy (non-hydrogen) atoms. The van der Waals surface area contributed by atoms with Crippen molar-refractivity contribution in [3.05, 3.63) is 28.0 Å². The molecule has 1 atom stereocenters. The summed E-state index contributed by atoms with van der Waals surface area (Å²) in [4.78, 5) is 4.45. The van der Waals surface area contributed by atoms with Crippen molar-refractivity contribution in [2.24, 2.45) is 12.9 Å². The molecule has 0 amide bonds. The molecule has 7 heteroatoms. The van der Waals surface area contributed by atoms with Gasteiger partial charge in [0.25, 0.3) is 0 Å². The fourth-order valence-corrected chi connectivity index (χ4v) is 2.55. The van der Waals surface area contributed by atoms with Crippen molar-refractivity contribution >= 4 is 11.3 Å². The molecular formula is C11H17N5OS. The molecule has 0 fully saturated rings. The summed E-state index contributed by atoms with van der Waals surface area (Å²) in [5.74, 6) is 6.37. The van der Waals surface area contributed by atoms with E-state index >= 15 is 0 Å². The van der Waals surface area contributed by atoms with Gasteiger partial charge in [-0.1, -0.05) is 0 Å². The lowest BCUT2D eigenvalue weighted by Gasteiger charge is -2.16. The Kier molecular flexibility index (Phi) is 3.95. The second-order valence-electron chi connectivity index (χ2n) is 4.00. The van der Waals surface area contributed by atoms with Crippen molar-refractivity contribution in [1.82, 2.24) is 20.2 Å². The Morgan fingerprint density at radius 1 is 1.61 bits per heavy atom. The smallest absolute Gasteiger partial charge is 0.161 e. The molecule has 0 saturated carbocycles. The van der Waals surface area contributed by atoms with Crippen molar-refractivity contribution < 1.29 is 4.74 Å². The average Bonchev–Trinajstić information content (AvgIpc) is 2.92. The van der Waals surface area contributed by atoms with E-state index in [9.17, 15) is 0 Å². The van der Waals surface area contributed by atoms with Crippen LogP contribution in [0.1, 0.15) is 22.4 Å². The SMILES string of the molecule is COc1cnn(C)c1C(Cc1csc(C)n1)NN. The van der Waals surface area contributed by atoms with Gasteiger partial charge in [0.1, 0.15) is 0 Å². The van der Waals surface area contributed by atoms with Gasteiger partial charge >= 0.3 is 0 Å². The van der Waals surface area contributed by atoms with E-state index in [1.165, 1.54) is 0 Å². The van der Waals surface area contributed by atoms with E-state index in [0.717, 1.165) is 22.1 Å². The van der Waals surface area contributed by atoms with E-state index in [4.69, 9.17) is 10.6 Å². The maximum absolute atomic E-state index is 5.64. The van der Waals surface area contributed by atoms with E-state index < -0.39 is 0 Å². The summed E-state index contributed by atoms with van der Waals surface area (Å²) < 4.78 is 7.06. The molecule has 6 nitrogen and oxygen atoms in total. The quantitative estimate of drug-likeness (QED) is 0.622. The van der Waals surface area contributed by atoms with Gasteiger partial charge in [-0.15, -0.1) is 11.3 Å². The molecule has 0 bridgehead atoms. The first-order chi connectivity index (χ1) is 8.65. The number of ether oxygens (including phenoxy) is 1. The van der Waals surface area contributed by atoms with E-state index in [1.807, 2.05) is 19.4 Å².